The number of aliphatic hydroxyl groups is 3. The Morgan fingerprint density at radius 2 is 2.05 bits per heavy atom. The molecule has 4 atom stereocenters. The van der Waals surface area contributed by atoms with E-state index in [2.05, 4.69) is 0 Å². The van der Waals surface area contributed by atoms with Crippen LogP contribution in [0.5, 0.6) is 0 Å². The van der Waals surface area contributed by atoms with E-state index in [4.69, 9.17) is 16.3 Å². The first kappa shape index (κ1) is 14.5. The van der Waals surface area contributed by atoms with Crippen molar-refractivity contribution in [3.8, 4) is 12.5 Å². The maximum Gasteiger partial charge on any atom is 0.345 e. The van der Waals surface area contributed by atoms with E-state index in [9.17, 15) is 19.8 Å². The van der Waals surface area contributed by atoms with Gasteiger partial charge >= 0.3 is 5.69 Å². The van der Waals surface area contributed by atoms with Gasteiger partial charge in [-0.15, -0.1) is 0 Å². The summed E-state index contributed by atoms with van der Waals surface area (Å²) in [4.78, 5) is 23.7. The topological polar surface area (TPSA) is 114 Å². The molecule has 2 rings (SSSR count). The number of ether oxygens (including phenoxy) is 1. The Labute approximate surface area is 113 Å². The minimum Gasteiger partial charge on any atom is -0.394 e. The van der Waals surface area contributed by atoms with E-state index < -0.39 is 42.4 Å². The van der Waals surface area contributed by atoms with E-state index in [1.165, 1.54) is 13.1 Å². The lowest BCUT2D eigenvalue weighted by molar-refractivity contribution is -0.0553. The van der Waals surface area contributed by atoms with Crippen molar-refractivity contribution < 1.29 is 20.1 Å². The molecule has 8 nitrogen and oxygen atoms in total. The minimum atomic E-state index is -1.42. The molecule has 1 fully saturated rings. The van der Waals surface area contributed by atoms with Gasteiger partial charge in [0.2, 0.25) is 0 Å². The molecule has 1 aromatic rings. The van der Waals surface area contributed by atoms with Crippen molar-refractivity contribution in [3.63, 3.8) is 0 Å². The first-order valence-corrected chi connectivity index (χ1v) is 5.86. The fourth-order valence-electron chi connectivity index (χ4n) is 2.10. The highest BCUT2D eigenvalue weighted by molar-refractivity contribution is 5.09. The lowest BCUT2D eigenvalue weighted by Crippen LogP contribution is -2.43. The van der Waals surface area contributed by atoms with Gasteiger partial charge in [0.15, 0.2) is 6.23 Å². The van der Waals surface area contributed by atoms with Gasteiger partial charge in [-0.2, -0.15) is 4.57 Å². The maximum absolute atomic E-state index is 12.1. The Kier molecular flexibility index (Phi) is 3.78. The summed E-state index contributed by atoms with van der Waals surface area (Å²) in [5.41, 5.74) is -1.32. The molecule has 3 N–H and O–H groups in total. The third-order valence-corrected chi connectivity index (χ3v) is 3.21. The Morgan fingerprint density at radius 3 is 2.55 bits per heavy atom. The van der Waals surface area contributed by atoms with Crippen LogP contribution in [-0.4, -0.2) is 49.4 Å². The van der Waals surface area contributed by atoms with Crippen LogP contribution in [0, 0.1) is 19.4 Å². The first-order chi connectivity index (χ1) is 9.42. The fourth-order valence-corrected chi connectivity index (χ4v) is 2.10. The summed E-state index contributed by atoms with van der Waals surface area (Å²) in [5, 5.41) is 28.6. The summed E-state index contributed by atoms with van der Waals surface area (Å²) < 4.78 is 6.70. The van der Waals surface area contributed by atoms with Gasteiger partial charge in [0.05, 0.1) is 6.61 Å². The number of hydrogen-bond donors (Lipinski definition) is 3. The van der Waals surface area contributed by atoms with Crippen LogP contribution >= 0.6 is 0 Å². The van der Waals surface area contributed by atoms with E-state index in [1.807, 2.05) is 6.04 Å². The maximum atomic E-state index is 12.1. The summed E-state index contributed by atoms with van der Waals surface area (Å²) in [7, 11) is 0. The molecule has 8 heteroatoms. The van der Waals surface area contributed by atoms with Crippen LogP contribution in [0.25, 0.3) is 0 Å². The number of nitrogens with zero attached hydrogens (tertiary/aromatic N) is 2. The second-order valence-electron chi connectivity index (χ2n) is 4.50. The summed E-state index contributed by atoms with van der Waals surface area (Å²) in [6, 6.07) is 1.94. The van der Waals surface area contributed by atoms with E-state index >= 15 is 0 Å². The molecule has 1 saturated heterocycles. The van der Waals surface area contributed by atoms with Gasteiger partial charge in [-0.25, -0.2) is 4.79 Å². The molecule has 0 radical (unpaired) electrons. The molecule has 0 amide bonds. The van der Waals surface area contributed by atoms with Crippen molar-refractivity contribution in [1.29, 1.82) is 0 Å². The van der Waals surface area contributed by atoms with Crippen LogP contribution < -0.4 is 11.2 Å². The van der Waals surface area contributed by atoms with E-state index in [1.54, 1.807) is 0 Å². The molecule has 2 unspecified atom stereocenters. The standard InChI is InChI=1S/C12H14N2O6/c1-3-13-10(18)6(2)4-14(12(13)19)11-9(17)8(16)7(5-15)20-11/h1,4,7-9,11,15-17H,5H2,2H3/t7-,8?,9?,11-/m0/s1. The lowest BCUT2D eigenvalue weighted by Gasteiger charge is -2.18. The number of rotatable bonds is 2. The summed E-state index contributed by atoms with van der Waals surface area (Å²) in [6.07, 6.45) is 1.29. The zero-order valence-corrected chi connectivity index (χ0v) is 10.6. The van der Waals surface area contributed by atoms with Crippen molar-refractivity contribution in [2.24, 2.45) is 0 Å². The highest BCUT2D eigenvalue weighted by atomic mass is 16.6. The van der Waals surface area contributed by atoms with E-state index in [0.29, 0.717) is 4.57 Å². The minimum absolute atomic E-state index is 0.181. The lowest BCUT2D eigenvalue weighted by atomic mass is 10.1. The second-order valence-corrected chi connectivity index (χ2v) is 4.50. The predicted octanol–water partition coefficient (Wildman–Crippen LogP) is -2.63. The Balaban J connectivity index is 2.56. The zero-order chi connectivity index (χ0) is 15.0. The van der Waals surface area contributed by atoms with Crippen LogP contribution in [0.1, 0.15) is 11.8 Å². The molecule has 0 aromatic carbocycles. The Morgan fingerprint density at radius 1 is 1.40 bits per heavy atom. The number of aryl methyl sites for hydroxylation is 1. The first-order valence-electron chi connectivity index (χ1n) is 5.86. The fraction of sp³-hybridized carbons (Fsp3) is 0.500. The van der Waals surface area contributed by atoms with Gasteiger partial charge in [-0.1, -0.05) is 6.42 Å². The quantitative estimate of drug-likeness (QED) is 0.511. The molecule has 1 aliphatic heterocycles. The zero-order valence-electron chi connectivity index (χ0n) is 10.6. The van der Waals surface area contributed by atoms with Crippen LogP contribution in [0.4, 0.5) is 0 Å². The normalized spacial score (nSPS) is 29.4. The third-order valence-electron chi connectivity index (χ3n) is 3.21. The van der Waals surface area contributed by atoms with Crippen molar-refractivity contribution >= 4 is 0 Å². The van der Waals surface area contributed by atoms with Gasteiger partial charge in [0.25, 0.3) is 5.56 Å². The summed E-state index contributed by atoms with van der Waals surface area (Å²) in [5.74, 6) is 0. The summed E-state index contributed by atoms with van der Waals surface area (Å²) >= 11 is 0. The van der Waals surface area contributed by atoms with Crippen LogP contribution in [0.3, 0.4) is 0 Å². The predicted molar refractivity (Wildman–Crippen MR) is 66.9 cm³/mol. The third kappa shape index (κ3) is 2.07. The second kappa shape index (κ2) is 5.22. The van der Waals surface area contributed by atoms with Crippen molar-refractivity contribution in [1.82, 2.24) is 9.13 Å². The van der Waals surface area contributed by atoms with Gasteiger partial charge in [-0.05, 0) is 6.92 Å². The Bertz CT molecular complexity index is 670. The van der Waals surface area contributed by atoms with Crippen LogP contribution in [0.15, 0.2) is 15.8 Å². The number of terminal acetylenes is 1. The van der Waals surface area contributed by atoms with E-state index in [0.717, 1.165) is 4.57 Å². The molecular weight excluding hydrogens is 268 g/mol. The SMILES string of the molecule is C#Cn1c(=O)c(C)cn([C@H]2O[C@@H](CO)C(O)C2O)c1=O. The smallest absolute Gasteiger partial charge is 0.345 e. The molecule has 0 spiro atoms. The monoisotopic (exact) mass is 282 g/mol. The molecule has 2 heterocycles. The molecule has 0 aliphatic carbocycles. The van der Waals surface area contributed by atoms with Gasteiger partial charge in [-0.3, -0.25) is 9.36 Å². The molecule has 1 aliphatic rings. The molecule has 1 aromatic heterocycles. The molecule has 108 valence electrons. The van der Waals surface area contributed by atoms with Crippen LogP contribution in [-0.2, 0) is 4.74 Å². The van der Waals surface area contributed by atoms with Crippen molar-refractivity contribution in [3.05, 3.63) is 32.6 Å². The average molecular weight is 282 g/mol. The molecular formula is C12H14N2O6. The molecule has 0 bridgehead atoms. The highest BCUT2D eigenvalue weighted by Crippen LogP contribution is 2.27. The highest BCUT2D eigenvalue weighted by Gasteiger charge is 2.44. The van der Waals surface area contributed by atoms with Gasteiger partial charge < -0.3 is 20.1 Å². The van der Waals surface area contributed by atoms with E-state index in [-0.39, 0.29) is 5.56 Å². The molecule has 20 heavy (non-hydrogen) atoms. The molecule has 0 saturated carbocycles. The summed E-state index contributed by atoms with van der Waals surface area (Å²) in [6.45, 7) is 0.935. The van der Waals surface area contributed by atoms with Crippen molar-refractivity contribution in [2.75, 3.05) is 6.61 Å². The van der Waals surface area contributed by atoms with Crippen LogP contribution in [0.2, 0.25) is 0 Å². The largest absolute Gasteiger partial charge is 0.394 e. The Hall–Kier alpha value is -1.92. The van der Waals surface area contributed by atoms with Gasteiger partial charge in [0, 0.05) is 17.8 Å². The number of aliphatic hydroxyl groups excluding tert-OH is 3. The van der Waals surface area contributed by atoms with Gasteiger partial charge in [0.1, 0.15) is 18.3 Å². The average Bonchev–Trinajstić information content (AvgIpc) is 2.71. The van der Waals surface area contributed by atoms with Crippen molar-refractivity contribution in [2.45, 2.75) is 31.5 Å². The number of hydrogen-bond acceptors (Lipinski definition) is 6. The number of aromatic nitrogens is 2.